The maximum atomic E-state index is 9.35. The van der Waals surface area contributed by atoms with Gasteiger partial charge in [-0.15, -0.1) is 0 Å². The maximum Gasteiger partial charge on any atom is 0.159 e. The number of hydrogen-bond donors (Lipinski definition) is 1. The minimum absolute atomic E-state index is 0.298. The van der Waals surface area contributed by atoms with Crippen LogP contribution in [0.5, 0.6) is 0 Å². The molecule has 1 heterocycles. The highest BCUT2D eigenvalue weighted by atomic mass is 16.6. The van der Waals surface area contributed by atoms with Gasteiger partial charge in [0.1, 0.15) is 0 Å². The molecule has 0 aromatic rings. The molecule has 1 saturated heterocycles. The summed E-state index contributed by atoms with van der Waals surface area (Å²) in [4.78, 5) is 0. The molecular weight excluding hydrogens is 180 g/mol. The highest BCUT2D eigenvalue weighted by Crippen LogP contribution is 2.28. The summed E-state index contributed by atoms with van der Waals surface area (Å²) in [6, 6.07) is 0. The lowest BCUT2D eigenvalue weighted by molar-refractivity contribution is -0.179. The molecule has 1 aliphatic heterocycles. The van der Waals surface area contributed by atoms with E-state index in [-0.39, 0.29) is 0 Å². The number of hydrogen-bond acceptors (Lipinski definition) is 3. The van der Waals surface area contributed by atoms with E-state index in [0.29, 0.717) is 24.5 Å². The van der Waals surface area contributed by atoms with Crippen LogP contribution in [-0.4, -0.2) is 30.2 Å². The van der Waals surface area contributed by atoms with Crippen LogP contribution in [0.1, 0.15) is 34.1 Å². The molecule has 14 heavy (non-hydrogen) atoms. The fourth-order valence-electron chi connectivity index (χ4n) is 1.72. The third-order valence-corrected chi connectivity index (χ3v) is 2.91. The van der Waals surface area contributed by atoms with Gasteiger partial charge in [-0.2, -0.15) is 0 Å². The molecule has 0 radical (unpaired) electrons. The van der Waals surface area contributed by atoms with Crippen LogP contribution < -0.4 is 0 Å². The van der Waals surface area contributed by atoms with E-state index < -0.39 is 5.79 Å². The molecule has 0 bridgehead atoms. The van der Waals surface area contributed by atoms with Crippen molar-refractivity contribution in [2.75, 3.05) is 13.2 Å². The topological polar surface area (TPSA) is 38.7 Å². The van der Waals surface area contributed by atoms with E-state index in [1.165, 1.54) is 0 Å². The predicted molar refractivity (Wildman–Crippen MR) is 54.9 cm³/mol. The number of ether oxygens (including phenoxy) is 2. The van der Waals surface area contributed by atoms with Gasteiger partial charge in [0.15, 0.2) is 5.79 Å². The van der Waals surface area contributed by atoms with Crippen molar-refractivity contribution < 1.29 is 14.6 Å². The van der Waals surface area contributed by atoms with Crippen LogP contribution >= 0.6 is 0 Å². The Morgan fingerprint density at radius 1 is 1.43 bits per heavy atom. The molecule has 0 saturated carbocycles. The summed E-state index contributed by atoms with van der Waals surface area (Å²) in [5.74, 6) is 0.218. The third kappa shape index (κ3) is 3.56. The Morgan fingerprint density at radius 2 is 2.07 bits per heavy atom. The largest absolute Gasteiger partial charge is 0.378 e. The van der Waals surface area contributed by atoms with Crippen LogP contribution in [0, 0.1) is 11.8 Å². The predicted octanol–water partition coefficient (Wildman–Crippen LogP) is 1.79. The second-order valence-electron chi connectivity index (χ2n) is 4.79. The first-order chi connectivity index (χ1) is 6.40. The Morgan fingerprint density at radius 3 is 2.50 bits per heavy atom. The molecule has 3 atom stereocenters. The molecule has 0 aromatic carbocycles. The van der Waals surface area contributed by atoms with Gasteiger partial charge >= 0.3 is 0 Å². The van der Waals surface area contributed by atoms with Gasteiger partial charge in [-0.3, -0.25) is 0 Å². The van der Waals surface area contributed by atoms with Gasteiger partial charge in [-0.1, -0.05) is 13.8 Å². The molecule has 0 amide bonds. The van der Waals surface area contributed by atoms with Crippen molar-refractivity contribution in [1.82, 2.24) is 0 Å². The second-order valence-corrected chi connectivity index (χ2v) is 4.79. The zero-order chi connectivity index (χ0) is 10.8. The van der Waals surface area contributed by atoms with Gasteiger partial charge in [-0.25, -0.2) is 0 Å². The fourth-order valence-corrected chi connectivity index (χ4v) is 1.72. The molecular formula is C11H22O3. The number of aliphatic hydroxyl groups is 1. The van der Waals surface area contributed by atoms with E-state index >= 15 is 0 Å². The van der Waals surface area contributed by atoms with E-state index in [1.54, 1.807) is 13.8 Å². The van der Waals surface area contributed by atoms with Crippen molar-refractivity contribution in [2.24, 2.45) is 11.8 Å². The Labute approximate surface area is 86.4 Å². The molecule has 0 aromatic heterocycles. The third-order valence-electron chi connectivity index (χ3n) is 2.91. The van der Waals surface area contributed by atoms with Crippen LogP contribution in [0.4, 0.5) is 0 Å². The normalized spacial score (nSPS) is 33.6. The van der Waals surface area contributed by atoms with Crippen LogP contribution in [0.3, 0.4) is 0 Å². The lowest BCUT2D eigenvalue weighted by Gasteiger charge is -2.21. The van der Waals surface area contributed by atoms with Crippen LogP contribution in [0.15, 0.2) is 0 Å². The Kier molecular flexibility index (Phi) is 3.93. The lowest BCUT2D eigenvalue weighted by atomic mass is 9.93. The van der Waals surface area contributed by atoms with Crippen molar-refractivity contribution in [3.05, 3.63) is 0 Å². The fraction of sp³-hybridized carbons (Fsp3) is 1.00. The maximum absolute atomic E-state index is 9.35. The van der Waals surface area contributed by atoms with Gasteiger partial charge in [0.25, 0.3) is 0 Å². The first-order valence-electron chi connectivity index (χ1n) is 5.38. The quantitative estimate of drug-likeness (QED) is 0.706. The SMILES string of the molecule is CC1[C@H](C)CO[C@@H]1CCOC(C)(C)O. The smallest absolute Gasteiger partial charge is 0.159 e. The lowest BCUT2D eigenvalue weighted by Crippen LogP contribution is -2.26. The highest BCUT2D eigenvalue weighted by molar-refractivity contribution is 4.77. The Balaban J connectivity index is 2.19. The average molecular weight is 202 g/mol. The van der Waals surface area contributed by atoms with Gasteiger partial charge in [0, 0.05) is 6.61 Å². The van der Waals surface area contributed by atoms with Crippen molar-refractivity contribution >= 4 is 0 Å². The van der Waals surface area contributed by atoms with E-state index in [4.69, 9.17) is 9.47 Å². The standard InChI is InChI=1S/C11H22O3/c1-8-7-13-10(9(8)2)5-6-14-11(3,4)12/h8-10,12H,5-7H2,1-4H3/t8-,9?,10-/m1/s1. The zero-order valence-electron chi connectivity index (χ0n) is 9.62. The molecule has 3 heteroatoms. The first kappa shape index (κ1) is 12.0. The minimum atomic E-state index is -1.02. The molecule has 1 N–H and O–H groups in total. The molecule has 3 nitrogen and oxygen atoms in total. The van der Waals surface area contributed by atoms with Crippen LogP contribution in [-0.2, 0) is 9.47 Å². The van der Waals surface area contributed by atoms with E-state index in [1.807, 2.05) is 0 Å². The van der Waals surface area contributed by atoms with E-state index in [0.717, 1.165) is 13.0 Å². The molecule has 1 fully saturated rings. The summed E-state index contributed by atoms with van der Waals surface area (Å²) in [5.41, 5.74) is 0. The molecule has 0 aliphatic carbocycles. The zero-order valence-corrected chi connectivity index (χ0v) is 9.62. The summed E-state index contributed by atoms with van der Waals surface area (Å²) >= 11 is 0. The van der Waals surface area contributed by atoms with Crippen LogP contribution in [0.25, 0.3) is 0 Å². The first-order valence-corrected chi connectivity index (χ1v) is 5.38. The van der Waals surface area contributed by atoms with Gasteiger partial charge in [0.2, 0.25) is 0 Å². The molecule has 0 spiro atoms. The molecule has 1 unspecified atom stereocenters. The molecule has 1 aliphatic rings. The van der Waals surface area contributed by atoms with Gasteiger partial charge < -0.3 is 14.6 Å². The van der Waals surface area contributed by atoms with Crippen molar-refractivity contribution in [3.8, 4) is 0 Å². The van der Waals surface area contributed by atoms with Crippen molar-refractivity contribution in [1.29, 1.82) is 0 Å². The van der Waals surface area contributed by atoms with Gasteiger partial charge in [-0.05, 0) is 32.1 Å². The molecule has 84 valence electrons. The average Bonchev–Trinajstić information content (AvgIpc) is 2.33. The number of rotatable bonds is 4. The Bertz CT molecular complexity index is 174. The second kappa shape index (κ2) is 4.60. The summed E-state index contributed by atoms with van der Waals surface area (Å²) in [6.45, 7) is 9.14. The summed E-state index contributed by atoms with van der Waals surface area (Å²) in [5, 5.41) is 9.35. The van der Waals surface area contributed by atoms with E-state index in [2.05, 4.69) is 13.8 Å². The van der Waals surface area contributed by atoms with Crippen LogP contribution in [0.2, 0.25) is 0 Å². The summed E-state index contributed by atoms with van der Waals surface area (Å²) in [7, 11) is 0. The van der Waals surface area contributed by atoms with Crippen molar-refractivity contribution in [2.45, 2.75) is 46.0 Å². The van der Waals surface area contributed by atoms with Gasteiger partial charge in [0.05, 0.1) is 12.7 Å². The molecule has 1 rings (SSSR count). The highest BCUT2D eigenvalue weighted by Gasteiger charge is 2.30. The monoisotopic (exact) mass is 202 g/mol. The summed E-state index contributed by atoms with van der Waals surface area (Å²) < 4.78 is 10.9. The van der Waals surface area contributed by atoms with E-state index in [9.17, 15) is 5.11 Å². The minimum Gasteiger partial charge on any atom is -0.378 e. The Hall–Kier alpha value is -0.120. The summed E-state index contributed by atoms with van der Waals surface area (Å²) in [6.07, 6.45) is 1.17. The van der Waals surface area contributed by atoms with Crippen molar-refractivity contribution in [3.63, 3.8) is 0 Å².